The first-order valence-corrected chi connectivity index (χ1v) is 10.4. The fourth-order valence-corrected chi connectivity index (χ4v) is 4.66. The molecule has 4 rings (SSSR count). The third-order valence-corrected chi connectivity index (χ3v) is 6.27. The molecule has 0 aromatic carbocycles. The molecule has 2 aromatic heterocycles. The van der Waals surface area contributed by atoms with Crippen molar-refractivity contribution in [1.29, 1.82) is 0 Å². The molecule has 8 heteroatoms. The van der Waals surface area contributed by atoms with Crippen LogP contribution in [0.25, 0.3) is 0 Å². The number of aromatic nitrogens is 3. The molecule has 4 heterocycles. The molecule has 0 radical (unpaired) electrons. The Kier molecular flexibility index (Phi) is 4.99. The van der Waals surface area contributed by atoms with Crippen LogP contribution in [0.5, 0.6) is 0 Å². The Morgan fingerprint density at radius 2 is 1.63 bits per heavy atom. The van der Waals surface area contributed by atoms with Crippen molar-refractivity contribution < 1.29 is 4.79 Å². The van der Waals surface area contributed by atoms with Crippen LogP contribution < -0.4 is 9.80 Å². The lowest BCUT2D eigenvalue weighted by molar-refractivity contribution is 0.0750. The highest BCUT2D eigenvalue weighted by molar-refractivity contribution is 7.13. The maximum Gasteiger partial charge on any atom is 0.265 e. The summed E-state index contributed by atoms with van der Waals surface area (Å²) < 4.78 is 0. The SMILES string of the molecule is Cc1cc(N2CCCC2)nc(N2CCN(C(=O)c3sc(C)nc3C)CC2)n1. The number of nitrogens with zero attached hydrogens (tertiary/aromatic N) is 6. The van der Waals surface area contributed by atoms with Crippen LogP contribution in [0.15, 0.2) is 6.07 Å². The number of carbonyl (C=O) groups excluding carboxylic acids is 1. The molecule has 2 fully saturated rings. The number of anilines is 2. The van der Waals surface area contributed by atoms with Crippen LogP contribution in [0.3, 0.4) is 0 Å². The summed E-state index contributed by atoms with van der Waals surface area (Å²) in [5, 5.41) is 0.942. The van der Waals surface area contributed by atoms with Crippen molar-refractivity contribution in [3.63, 3.8) is 0 Å². The second kappa shape index (κ2) is 7.42. The molecule has 0 saturated carbocycles. The Balaban J connectivity index is 1.44. The van der Waals surface area contributed by atoms with Crippen LogP contribution in [0.2, 0.25) is 0 Å². The second-order valence-electron chi connectivity index (χ2n) is 7.29. The van der Waals surface area contributed by atoms with Gasteiger partial charge in [-0.2, -0.15) is 4.98 Å². The Bertz CT molecular complexity index is 837. The van der Waals surface area contributed by atoms with Gasteiger partial charge in [0, 0.05) is 51.0 Å². The van der Waals surface area contributed by atoms with Gasteiger partial charge in [0.2, 0.25) is 5.95 Å². The Morgan fingerprint density at radius 1 is 0.926 bits per heavy atom. The predicted molar refractivity (Wildman–Crippen MR) is 108 cm³/mol. The molecular weight excluding hydrogens is 360 g/mol. The molecule has 7 nitrogen and oxygen atoms in total. The van der Waals surface area contributed by atoms with E-state index in [2.05, 4.69) is 25.8 Å². The molecule has 0 spiro atoms. The Labute approximate surface area is 164 Å². The highest BCUT2D eigenvalue weighted by Gasteiger charge is 2.26. The van der Waals surface area contributed by atoms with E-state index < -0.39 is 0 Å². The number of aryl methyl sites for hydroxylation is 3. The molecule has 0 N–H and O–H groups in total. The van der Waals surface area contributed by atoms with E-state index in [0.29, 0.717) is 13.1 Å². The van der Waals surface area contributed by atoms with Gasteiger partial charge in [0.05, 0.1) is 10.7 Å². The molecule has 1 amide bonds. The monoisotopic (exact) mass is 386 g/mol. The summed E-state index contributed by atoms with van der Waals surface area (Å²) >= 11 is 1.49. The van der Waals surface area contributed by atoms with Crippen molar-refractivity contribution in [2.24, 2.45) is 0 Å². The summed E-state index contributed by atoms with van der Waals surface area (Å²) in [5.74, 6) is 1.92. The highest BCUT2D eigenvalue weighted by Crippen LogP contribution is 2.23. The van der Waals surface area contributed by atoms with Gasteiger partial charge in [-0.3, -0.25) is 4.79 Å². The topological polar surface area (TPSA) is 65.5 Å². The Hall–Kier alpha value is -2.22. The summed E-state index contributed by atoms with van der Waals surface area (Å²) in [5.41, 5.74) is 1.83. The molecule has 144 valence electrons. The quantitative estimate of drug-likeness (QED) is 0.807. The molecule has 0 bridgehead atoms. The lowest BCUT2D eigenvalue weighted by atomic mass is 10.3. The Morgan fingerprint density at radius 3 is 2.26 bits per heavy atom. The third-order valence-electron chi connectivity index (χ3n) is 5.21. The van der Waals surface area contributed by atoms with E-state index in [0.717, 1.165) is 59.2 Å². The molecule has 2 aromatic rings. The maximum atomic E-state index is 12.8. The summed E-state index contributed by atoms with van der Waals surface area (Å²) in [6.07, 6.45) is 2.46. The predicted octanol–water partition coefficient (Wildman–Crippen LogP) is 2.42. The highest BCUT2D eigenvalue weighted by atomic mass is 32.1. The summed E-state index contributed by atoms with van der Waals surface area (Å²) in [6, 6.07) is 2.07. The van der Waals surface area contributed by atoms with Gasteiger partial charge in [-0.15, -0.1) is 11.3 Å². The third kappa shape index (κ3) is 3.76. The van der Waals surface area contributed by atoms with E-state index in [1.807, 2.05) is 25.7 Å². The van der Waals surface area contributed by atoms with Crippen molar-refractivity contribution in [2.75, 3.05) is 49.1 Å². The van der Waals surface area contributed by atoms with Gasteiger partial charge in [-0.25, -0.2) is 9.97 Å². The molecular formula is C19H26N6OS. The lowest BCUT2D eigenvalue weighted by Crippen LogP contribution is -2.49. The molecule has 27 heavy (non-hydrogen) atoms. The van der Waals surface area contributed by atoms with Crippen molar-refractivity contribution in [2.45, 2.75) is 33.6 Å². The first kappa shape index (κ1) is 18.2. The normalized spacial score (nSPS) is 17.7. The zero-order valence-electron chi connectivity index (χ0n) is 16.2. The minimum atomic E-state index is 0.0978. The van der Waals surface area contributed by atoms with Crippen LogP contribution >= 0.6 is 11.3 Å². The summed E-state index contributed by atoms with van der Waals surface area (Å²) in [7, 11) is 0. The van der Waals surface area contributed by atoms with Gasteiger partial charge >= 0.3 is 0 Å². The van der Waals surface area contributed by atoms with Crippen LogP contribution in [-0.4, -0.2) is 65.0 Å². The number of hydrogen-bond donors (Lipinski definition) is 0. The molecule has 0 atom stereocenters. The molecule has 2 aliphatic rings. The standard InChI is InChI=1S/C19H26N6OS/c1-13-12-16(23-6-4-5-7-23)22-19(20-13)25-10-8-24(9-11-25)18(26)17-14(2)21-15(3)27-17/h12H,4-11H2,1-3H3. The van der Waals surface area contributed by atoms with Gasteiger partial charge in [0.25, 0.3) is 5.91 Å². The number of thiazole rings is 1. The smallest absolute Gasteiger partial charge is 0.265 e. The van der Waals surface area contributed by atoms with Gasteiger partial charge < -0.3 is 14.7 Å². The van der Waals surface area contributed by atoms with E-state index in [4.69, 9.17) is 4.98 Å². The maximum absolute atomic E-state index is 12.8. The second-order valence-corrected chi connectivity index (χ2v) is 8.49. The van der Waals surface area contributed by atoms with E-state index >= 15 is 0 Å². The van der Waals surface area contributed by atoms with Gasteiger partial charge in [-0.1, -0.05) is 0 Å². The average molecular weight is 387 g/mol. The molecule has 2 saturated heterocycles. The first-order chi connectivity index (χ1) is 13.0. The zero-order valence-corrected chi connectivity index (χ0v) is 17.1. The van der Waals surface area contributed by atoms with Crippen LogP contribution in [-0.2, 0) is 0 Å². The summed E-state index contributed by atoms with van der Waals surface area (Å²) in [4.78, 5) is 33.9. The number of hydrogen-bond acceptors (Lipinski definition) is 7. The minimum Gasteiger partial charge on any atom is -0.356 e. The van der Waals surface area contributed by atoms with Gasteiger partial charge in [-0.05, 0) is 33.6 Å². The van der Waals surface area contributed by atoms with E-state index in [1.54, 1.807) is 0 Å². The summed E-state index contributed by atoms with van der Waals surface area (Å²) in [6.45, 7) is 10.9. The fraction of sp³-hybridized carbons (Fsp3) is 0.579. The van der Waals surface area contributed by atoms with Crippen LogP contribution in [0.1, 0.15) is 38.9 Å². The number of rotatable bonds is 3. The first-order valence-electron chi connectivity index (χ1n) is 9.60. The molecule has 2 aliphatic heterocycles. The largest absolute Gasteiger partial charge is 0.356 e. The number of piperazine rings is 1. The lowest BCUT2D eigenvalue weighted by Gasteiger charge is -2.35. The van der Waals surface area contributed by atoms with Crippen LogP contribution in [0.4, 0.5) is 11.8 Å². The molecule has 0 aliphatic carbocycles. The van der Waals surface area contributed by atoms with Crippen LogP contribution in [0, 0.1) is 20.8 Å². The minimum absolute atomic E-state index is 0.0978. The average Bonchev–Trinajstić information content (AvgIpc) is 3.30. The van der Waals surface area contributed by atoms with Gasteiger partial charge in [0.15, 0.2) is 0 Å². The number of amides is 1. The van der Waals surface area contributed by atoms with Crippen molar-refractivity contribution in [3.8, 4) is 0 Å². The van der Waals surface area contributed by atoms with Crippen molar-refractivity contribution >= 4 is 29.0 Å². The zero-order chi connectivity index (χ0) is 19.0. The van der Waals surface area contributed by atoms with E-state index in [1.165, 1.54) is 24.2 Å². The van der Waals surface area contributed by atoms with E-state index in [-0.39, 0.29) is 5.91 Å². The number of carbonyl (C=O) groups is 1. The fourth-order valence-electron chi connectivity index (χ4n) is 3.77. The van der Waals surface area contributed by atoms with Gasteiger partial charge in [0.1, 0.15) is 10.7 Å². The van der Waals surface area contributed by atoms with Crippen molar-refractivity contribution in [1.82, 2.24) is 19.9 Å². The molecule has 0 unspecified atom stereocenters. The van der Waals surface area contributed by atoms with E-state index in [9.17, 15) is 4.79 Å². The van der Waals surface area contributed by atoms with Crippen molar-refractivity contribution in [3.05, 3.63) is 27.3 Å².